The molecule has 0 radical (unpaired) electrons. The molecule has 1 rings (SSSR count). The Labute approximate surface area is 107 Å². The second kappa shape index (κ2) is 7.37. The lowest BCUT2D eigenvalue weighted by atomic mass is 9.94. The molecule has 1 aliphatic rings. The average Bonchev–Trinajstić information content (AvgIpc) is 2.33. The Bertz CT molecular complexity index is 235. The first-order valence-electron chi connectivity index (χ1n) is 6.44. The van der Waals surface area contributed by atoms with Crippen molar-refractivity contribution in [3.05, 3.63) is 0 Å². The number of hydrogen-bond acceptors (Lipinski definition) is 6. The van der Waals surface area contributed by atoms with Gasteiger partial charge in [-0.2, -0.15) is 0 Å². The summed E-state index contributed by atoms with van der Waals surface area (Å²) in [4.78, 5) is 0. The fourth-order valence-electron chi connectivity index (χ4n) is 2.17. The number of aliphatic hydroxyl groups is 5. The number of ether oxygens (including phenoxy) is 1. The van der Waals surface area contributed by atoms with Gasteiger partial charge in [0.25, 0.3) is 0 Å². The van der Waals surface area contributed by atoms with Gasteiger partial charge in [0, 0.05) is 6.42 Å². The van der Waals surface area contributed by atoms with Crippen LogP contribution in [0.3, 0.4) is 0 Å². The van der Waals surface area contributed by atoms with E-state index in [4.69, 9.17) is 14.9 Å². The van der Waals surface area contributed by atoms with Gasteiger partial charge in [0.1, 0.15) is 12.2 Å². The number of aliphatic hydroxyl groups excluding tert-OH is 5. The minimum Gasteiger partial charge on any atom is -0.394 e. The highest BCUT2D eigenvalue weighted by Crippen LogP contribution is 2.24. The van der Waals surface area contributed by atoms with Crippen LogP contribution < -0.4 is 0 Å². The molecule has 6 heteroatoms. The van der Waals surface area contributed by atoms with Crippen LogP contribution >= 0.6 is 0 Å². The van der Waals surface area contributed by atoms with Crippen molar-refractivity contribution >= 4 is 0 Å². The Morgan fingerprint density at radius 2 is 1.94 bits per heavy atom. The average molecular weight is 264 g/mol. The van der Waals surface area contributed by atoms with Crippen LogP contribution in [0.2, 0.25) is 0 Å². The molecule has 0 aromatic rings. The Balaban J connectivity index is 2.30. The Kier molecular flexibility index (Phi) is 6.48. The van der Waals surface area contributed by atoms with Gasteiger partial charge < -0.3 is 30.3 Å². The molecule has 18 heavy (non-hydrogen) atoms. The Morgan fingerprint density at radius 3 is 2.50 bits per heavy atom. The summed E-state index contributed by atoms with van der Waals surface area (Å²) in [7, 11) is 0. The molecule has 1 aliphatic heterocycles. The van der Waals surface area contributed by atoms with Gasteiger partial charge in [-0.1, -0.05) is 0 Å². The van der Waals surface area contributed by atoms with Gasteiger partial charge in [0.15, 0.2) is 0 Å². The predicted octanol–water partition coefficient (Wildman–Crippen LogP) is -1.23. The molecule has 5 N–H and O–H groups in total. The molecule has 0 amide bonds. The van der Waals surface area contributed by atoms with E-state index in [1.54, 1.807) is 0 Å². The van der Waals surface area contributed by atoms with Crippen LogP contribution in [0, 0.1) is 0 Å². The number of hydrogen-bond donors (Lipinski definition) is 5. The van der Waals surface area contributed by atoms with Crippen LogP contribution in [0.25, 0.3) is 0 Å². The van der Waals surface area contributed by atoms with Gasteiger partial charge in [-0.05, 0) is 26.2 Å². The quantitative estimate of drug-likeness (QED) is 0.411. The van der Waals surface area contributed by atoms with Crippen molar-refractivity contribution in [3.8, 4) is 0 Å². The maximum Gasteiger partial charge on any atom is 0.109 e. The van der Waals surface area contributed by atoms with Crippen LogP contribution in [0.1, 0.15) is 32.6 Å². The minimum absolute atomic E-state index is 0.234. The fraction of sp³-hybridized carbons (Fsp3) is 1.00. The molecule has 6 atom stereocenters. The molecule has 1 saturated heterocycles. The zero-order valence-corrected chi connectivity index (χ0v) is 10.6. The molecule has 0 aromatic heterocycles. The Morgan fingerprint density at radius 1 is 1.28 bits per heavy atom. The lowest BCUT2D eigenvalue weighted by Crippen LogP contribution is -2.49. The van der Waals surface area contributed by atoms with E-state index in [0.717, 1.165) is 0 Å². The molecule has 6 unspecified atom stereocenters. The van der Waals surface area contributed by atoms with E-state index in [1.807, 2.05) is 0 Å². The van der Waals surface area contributed by atoms with Gasteiger partial charge in [-0.15, -0.1) is 0 Å². The zero-order valence-electron chi connectivity index (χ0n) is 10.6. The van der Waals surface area contributed by atoms with Crippen molar-refractivity contribution in [3.63, 3.8) is 0 Å². The molecule has 1 heterocycles. The van der Waals surface area contributed by atoms with Gasteiger partial charge >= 0.3 is 0 Å². The van der Waals surface area contributed by atoms with E-state index in [1.165, 1.54) is 6.92 Å². The lowest BCUT2D eigenvalue weighted by Gasteiger charge is -2.36. The number of rotatable bonds is 6. The monoisotopic (exact) mass is 264 g/mol. The maximum atomic E-state index is 9.62. The summed E-state index contributed by atoms with van der Waals surface area (Å²) in [5.74, 6) is 0. The molecule has 108 valence electrons. The van der Waals surface area contributed by atoms with E-state index in [-0.39, 0.29) is 12.7 Å². The maximum absolute atomic E-state index is 9.62. The van der Waals surface area contributed by atoms with Crippen molar-refractivity contribution in [2.24, 2.45) is 0 Å². The van der Waals surface area contributed by atoms with E-state index >= 15 is 0 Å². The normalized spacial score (nSPS) is 36.3. The summed E-state index contributed by atoms with van der Waals surface area (Å²) in [5.41, 5.74) is 0. The summed E-state index contributed by atoms with van der Waals surface area (Å²) >= 11 is 0. The van der Waals surface area contributed by atoms with E-state index in [9.17, 15) is 15.3 Å². The first-order chi connectivity index (χ1) is 8.45. The highest BCUT2D eigenvalue weighted by Gasteiger charge is 2.35. The molecule has 6 nitrogen and oxygen atoms in total. The SMILES string of the molecule is CC(O)C(O)CCCC1CC(O)C(O)C(CO)O1. The summed E-state index contributed by atoms with van der Waals surface area (Å²) in [6.07, 6.45) is -2.38. The third kappa shape index (κ3) is 4.46. The first-order valence-corrected chi connectivity index (χ1v) is 6.44. The second-order valence-electron chi connectivity index (χ2n) is 5.01. The van der Waals surface area contributed by atoms with Crippen LogP contribution in [0.15, 0.2) is 0 Å². The largest absolute Gasteiger partial charge is 0.394 e. The van der Waals surface area contributed by atoms with Crippen molar-refractivity contribution < 1.29 is 30.3 Å². The van der Waals surface area contributed by atoms with Crippen molar-refractivity contribution in [2.45, 2.75) is 69.2 Å². The third-order valence-electron chi connectivity index (χ3n) is 3.41. The van der Waals surface area contributed by atoms with Gasteiger partial charge in [0.2, 0.25) is 0 Å². The summed E-state index contributed by atoms with van der Waals surface area (Å²) < 4.78 is 5.46. The highest BCUT2D eigenvalue weighted by molar-refractivity contribution is 4.85. The van der Waals surface area contributed by atoms with Gasteiger partial charge in [-0.25, -0.2) is 0 Å². The minimum atomic E-state index is -1.05. The predicted molar refractivity (Wildman–Crippen MR) is 63.9 cm³/mol. The van der Waals surface area contributed by atoms with Crippen molar-refractivity contribution in [1.82, 2.24) is 0 Å². The molecular weight excluding hydrogens is 240 g/mol. The van der Waals surface area contributed by atoms with Crippen LogP contribution in [-0.2, 0) is 4.74 Å². The van der Waals surface area contributed by atoms with Crippen molar-refractivity contribution in [2.75, 3.05) is 6.61 Å². The third-order valence-corrected chi connectivity index (χ3v) is 3.41. The highest BCUT2D eigenvalue weighted by atomic mass is 16.5. The molecule has 0 spiro atoms. The molecule has 0 bridgehead atoms. The molecule has 1 fully saturated rings. The van der Waals surface area contributed by atoms with E-state index < -0.39 is 30.5 Å². The molecule has 0 saturated carbocycles. The van der Waals surface area contributed by atoms with Crippen LogP contribution in [0.5, 0.6) is 0 Å². The first kappa shape index (κ1) is 15.8. The summed E-state index contributed by atoms with van der Waals surface area (Å²) in [5, 5.41) is 46.7. The van der Waals surface area contributed by atoms with E-state index in [2.05, 4.69) is 0 Å². The smallest absolute Gasteiger partial charge is 0.109 e. The summed E-state index contributed by atoms with van der Waals surface area (Å²) in [6, 6.07) is 0. The van der Waals surface area contributed by atoms with Crippen LogP contribution in [-0.4, -0.2) is 68.8 Å². The Hall–Kier alpha value is -0.240. The fourth-order valence-corrected chi connectivity index (χ4v) is 2.17. The van der Waals surface area contributed by atoms with Gasteiger partial charge in [-0.3, -0.25) is 0 Å². The molecule has 0 aromatic carbocycles. The standard InChI is InChI=1S/C12H24O6/c1-7(14)9(15)4-2-3-8-5-10(16)12(17)11(6-13)18-8/h7-17H,2-6H2,1H3. The zero-order chi connectivity index (χ0) is 13.7. The van der Waals surface area contributed by atoms with E-state index in [0.29, 0.717) is 25.7 Å². The molecular formula is C12H24O6. The van der Waals surface area contributed by atoms with Gasteiger partial charge in [0.05, 0.1) is 31.0 Å². The lowest BCUT2D eigenvalue weighted by molar-refractivity contribution is -0.181. The topological polar surface area (TPSA) is 110 Å². The second-order valence-corrected chi connectivity index (χ2v) is 5.01. The summed E-state index contributed by atoms with van der Waals surface area (Å²) in [6.45, 7) is 1.20. The van der Waals surface area contributed by atoms with Crippen molar-refractivity contribution in [1.29, 1.82) is 0 Å². The molecule has 0 aliphatic carbocycles. The van der Waals surface area contributed by atoms with Crippen LogP contribution in [0.4, 0.5) is 0 Å².